The third-order valence-corrected chi connectivity index (χ3v) is 3.19. The van der Waals surface area contributed by atoms with E-state index in [4.69, 9.17) is 11.8 Å². The van der Waals surface area contributed by atoms with Crippen molar-refractivity contribution in [1.82, 2.24) is 4.98 Å². The minimum Gasteiger partial charge on any atom is -0.506 e. The van der Waals surface area contributed by atoms with Gasteiger partial charge in [-0.1, -0.05) is 0 Å². The highest BCUT2D eigenvalue weighted by Gasteiger charge is 2.23. The van der Waals surface area contributed by atoms with Gasteiger partial charge in [-0.15, -0.1) is 0 Å². The molecule has 0 bridgehead atoms. The number of hydrogen-bond donors (Lipinski definition) is 1. The number of nitro groups is 2. The number of hydrazone groups is 1. The maximum absolute atomic E-state index is 11.1. The number of anilines is 1. The van der Waals surface area contributed by atoms with E-state index in [-0.39, 0.29) is 22.8 Å². The van der Waals surface area contributed by atoms with E-state index in [1.807, 2.05) is 0 Å². The van der Waals surface area contributed by atoms with Crippen molar-refractivity contribution in [2.45, 2.75) is 6.92 Å². The van der Waals surface area contributed by atoms with Gasteiger partial charge in [0.1, 0.15) is 11.4 Å². The topological polar surface area (TPSA) is 135 Å². The number of hydrogen-bond acceptors (Lipinski definition) is 8. The van der Waals surface area contributed by atoms with E-state index in [2.05, 4.69) is 10.1 Å². The molecule has 124 valence electrons. The van der Waals surface area contributed by atoms with Gasteiger partial charge in [0.05, 0.1) is 21.6 Å². The minimum atomic E-state index is -0.805. The highest BCUT2D eigenvalue weighted by Crippen LogP contribution is 2.33. The number of rotatable bonds is 5. The smallest absolute Gasteiger partial charge is 0.302 e. The predicted molar refractivity (Wildman–Crippen MR) is 86.2 cm³/mol. The van der Waals surface area contributed by atoms with Gasteiger partial charge in [-0.2, -0.15) is 9.63 Å². The van der Waals surface area contributed by atoms with Crippen molar-refractivity contribution in [1.29, 1.82) is 0 Å². The van der Waals surface area contributed by atoms with Gasteiger partial charge in [-0.05, 0) is 25.1 Å². The van der Waals surface area contributed by atoms with Crippen LogP contribution in [0.15, 0.2) is 41.6 Å². The molecule has 0 aliphatic rings. The van der Waals surface area contributed by atoms with Crippen LogP contribution >= 0.6 is 11.8 Å². The van der Waals surface area contributed by atoms with Crippen LogP contribution in [0.5, 0.6) is 5.75 Å². The van der Waals surface area contributed by atoms with E-state index in [9.17, 15) is 25.3 Å². The van der Waals surface area contributed by atoms with Gasteiger partial charge in [-0.3, -0.25) is 25.2 Å². The van der Waals surface area contributed by atoms with E-state index >= 15 is 0 Å². The van der Waals surface area contributed by atoms with Crippen LogP contribution in [0.3, 0.4) is 0 Å². The molecule has 24 heavy (non-hydrogen) atoms. The second kappa shape index (κ2) is 6.87. The molecule has 1 aromatic heterocycles. The lowest BCUT2D eigenvalue weighted by atomic mass is 10.2. The average molecular weight is 352 g/mol. The molecule has 1 N–H and O–H groups in total. The number of aromatic nitrogens is 1. The molecule has 0 spiro atoms. The molecule has 1 aromatic carbocycles. The molecule has 0 atom stereocenters. The number of nitro benzene ring substituents is 2. The summed E-state index contributed by atoms with van der Waals surface area (Å²) in [6.07, 6.45) is 1.43. The lowest BCUT2D eigenvalue weighted by Crippen LogP contribution is -2.10. The summed E-state index contributed by atoms with van der Waals surface area (Å²) in [5, 5.41) is 35.5. The van der Waals surface area contributed by atoms with Crippen LogP contribution in [0, 0.1) is 20.2 Å². The van der Waals surface area contributed by atoms with Crippen molar-refractivity contribution >= 4 is 34.6 Å². The van der Waals surface area contributed by atoms with E-state index in [0.717, 1.165) is 18.2 Å². The maximum atomic E-state index is 11.1. The quantitative estimate of drug-likeness (QED) is 0.378. The van der Waals surface area contributed by atoms with E-state index < -0.39 is 21.2 Å². The summed E-state index contributed by atoms with van der Waals surface area (Å²) >= 11 is 5.95. The summed E-state index contributed by atoms with van der Waals surface area (Å²) in [6.45, 7) is 1.49. The monoisotopic (exact) mass is 351 g/mol. The van der Waals surface area contributed by atoms with Crippen LogP contribution in [0.4, 0.5) is 17.1 Å². The van der Waals surface area contributed by atoms with E-state index in [1.165, 1.54) is 25.3 Å². The molecule has 0 radical (unpaired) electrons. The van der Waals surface area contributed by atoms with E-state index in [0.29, 0.717) is 4.53 Å². The molecule has 0 saturated heterocycles. The second-order valence-corrected chi connectivity index (χ2v) is 4.82. The summed E-state index contributed by atoms with van der Waals surface area (Å²) in [6, 6.07) is 5.88. The van der Waals surface area contributed by atoms with Crippen molar-refractivity contribution in [3.63, 3.8) is 0 Å². The van der Waals surface area contributed by atoms with E-state index in [1.54, 1.807) is 0 Å². The first-order chi connectivity index (χ1) is 11.3. The van der Waals surface area contributed by atoms with Crippen LogP contribution < -0.4 is 4.53 Å². The number of benzene rings is 1. The van der Waals surface area contributed by atoms with Gasteiger partial charge in [0.25, 0.3) is 5.69 Å². The molecular formula is C13H10ClN5O5. The summed E-state index contributed by atoms with van der Waals surface area (Å²) in [5.74, 6) is -0.137. The first kappa shape index (κ1) is 17.1. The molecule has 0 saturated carbocycles. The fourth-order valence-electron chi connectivity index (χ4n) is 1.84. The molecule has 2 rings (SSSR count). The zero-order valence-corrected chi connectivity index (χ0v) is 12.9. The van der Waals surface area contributed by atoms with Crippen molar-refractivity contribution in [2.24, 2.45) is 5.10 Å². The molecule has 0 unspecified atom stereocenters. The Morgan fingerprint density at radius 3 is 2.58 bits per heavy atom. The van der Waals surface area contributed by atoms with Gasteiger partial charge >= 0.3 is 5.69 Å². The van der Waals surface area contributed by atoms with Crippen molar-refractivity contribution in [2.75, 3.05) is 4.53 Å². The summed E-state index contributed by atoms with van der Waals surface area (Å²) < 4.78 is 0.672. The molecule has 0 aliphatic heterocycles. The van der Waals surface area contributed by atoms with Gasteiger partial charge in [-0.25, -0.2) is 0 Å². The number of pyridine rings is 1. The normalized spacial score (nSPS) is 11.2. The number of non-ortho nitro benzene ring substituents is 1. The minimum absolute atomic E-state index is 0.137. The third kappa shape index (κ3) is 3.55. The Morgan fingerprint density at radius 2 is 2.00 bits per heavy atom. The standard InChI is InChI=1S/C13H10ClN5O5/c1-8(13-12(20)3-2-6-15-13)16-17(14)10-5-4-9(18(21)22)7-11(10)19(23)24/h2-7,20H,1H3. The second-order valence-electron chi connectivity index (χ2n) is 4.50. The Morgan fingerprint density at radius 1 is 1.29 bits per heavy atom. The van der Waals surface area contributed by atoms with Crippen LogP contribution in [0.25, 0.3) is 0 Å². The third-order valence-electron chi connectivity index (χ3n) is 2.93. The number of halogens is 1. The van der Waals surface area contributed by atoms with Gasteiger partial charge < -0.3 is 5.11 Å². The SMILES string of the molecule is CC(=NN(Cl)c1ccc([N+](=O)[O-])cc1[N+](=O)[O-])c1ncccc1O. The van der Waals surface area contributed by atoms with Crippen LogP contribution in [0.2, 0.25) is 0 Å². The lowest BCUT2D eigenvalue weighted by Gasteiger charge is -2.11. The summed E-state index contributed by atoms with van der Waals surface area (Å²) in [4.78, 5) is 24.2. The highest BCUT2D eigenvalue weighted by atomic mass is 35.5. The zero-order valence-electron chi connectivity index (χ0n) is 12.2. The molecule has 2 aromatic rings. The average Bonchev–Trinajstić information content (AvgIpc) is 2.54. The first-order valence-corrected chi connectivity index (χ1v) is 6.73. The first-order valence-electron chi connectivity index (χ1n) is 6.39. The number of nitrogens with zero attached hydrogens (tertiary/aromatic N) is 5. The zero-order chi connectivity index (χ0) is 17.9. The van der Waals surface area contributed by atoms with Gasteiger partial charge in [0.2, 0.25) is 0 Å². The highest BCUT2D eigenvalue weighted by molar-refractivity contribution is 6.26. The Kier molecular flexibility index (Phi) is 4.90. The van der Waals surface area contributed by atoms with Crippen LogP contribution in [-0.2, 0) is 0 Å². The molecule has 10 nitrogen and oxygen atoms in total. The molecule has 0 fully saturated rings. The van der Waals surface area contributed by atoms with Gasteiger partial charge in [0, 0.05) is 24.0 Å². The summed E-state index contributed by atoms with van der Waals surface area (Å²) in [7, 11) is 0. The largest absolute Gasteiger partial charge is 0.506 e. The van der Waals surface area contributed by atoms with Crippen LogP contribution in [0.1, 0.15) is 12.6 Å². The maximum Gasteiger partial charge on any atom is 0.302 e. The van der Waals surface area contributed by atoms with Crippen molar-refractivity contribution < 1.29 is 15.0 Å². The summed E-state index contributed by atoms with van der Waals surface area (Å²) in [5.41, 5.74) is -0.856. The Balaban J connectivity index is 2.44. The van der Waals surface area contributed by atoms with Crippen molar-refractivity contribution in [3.05, 3.63) is 62.5 Å². The molecule has 0 aliphatic carbocycles. The van der Waals surface area contributed by atoms with Crippen LogP contribution in [-0.4, -0.2) is 25.6 Å². The Hall–Kier alpha value is -3.27. The lowest BCUT2D eigenvalue weighted by molar-refractivity contribution is -0.393. The molecular weight excluding hydrogens is 342 g/mol. The fraction of sp³-hybridized carbons (Fsp3) is 0.0769. The Labute approximate surface area is 140 Å². The molecule has 0 amide bonds. The number of aromatic hydroxyl groups is 1. The molecule has 1 heterocycles. The fourth-order valence-corrected chi connectivity index (χ4v) is 2.09. The predicted octanol–water partition coefficient (Wildman–Crippen LogP) is 2.99. The van der Waals surface area contributed by atoms with Gasteiger partial charge in [0.15, 0.2) is 5.69 Å². The molecule has 11 heteroatoms. The Bertz CT molecular complexity index is 841. The van der Waals surface area contributed by atoms with Crippen molar-refractivity contribution in [3.8, 4) is 5.75 Å².